The molecule has 0 heterocycles. The van der Waals surface area contributed by atoms with Crippen LogP contribution in [0.4, 0.5) is 0 Å². The van der Waals surface area contributed by atoms with E-state index in [9.17, 15) is 9.59 Å². The molecule has 6 heteroatoms. The van der Waals surface area contributed by atoms with Crippen LogP contribution in [0.2, 0.25) is 0 Å². The van der Waals surface area contributed by atoms with E-state index in [0.29, 0.717) is 5.75 Å². The maximum Gasteiger partial charge on any atom is 0.328 e. The lowest BCUT2D eigenvalue weighted by atomic mass is 10.1. The van der Waals surface area contributed by atoms with Gasteiger partial charge in [0.2, 0.25) is 0 Å². The summed E-state index contributed by atoms with van der Waals surface area (Å²) in [6.07, 6.45) is 0. The van der Waals surface area contributed by atoms with Crippen molar-refractivity contribution in [2.24, 2.45) is 0 Å². The first-order chi connectivity index (χ1) is 10.6. The molecular formula is C16H17NO5. The fraction of sp³-hybridized carbons (Fsp3) is 0.250. The van der Waals surface area contributed by atoms with Gasteiger partial charge in [-0.2, -0.15) is 0 Å². The number of benzene rings is 2. The van der Waals surface area contributed by atoms with Crippen LogP contribution in [0.3, 0.4) is 0 Å². The van der Waals surface area contributed by atoms with Gasteiger partial charge in [-0.05, 0) is 11.5 Å². The zero-order valence-electron chi connectivity index (χ0n) is 12.1. The predicted octanol–water partition coefficient (Wildman–Crippen LogP) is 1.43. The Morgan fingerprint density at radius 3 is 2.64 bits per heavy atom. The normalized spacial score (nSPS) is 11.9. The van der Waals surface area contributed by atoms with Crippen molar-refractivity contribution in [3.8, 4) is 5.75 Å². The summed E-state index contributed by atoms with van der Waals surface area (Å²) < 4.78 is 10.2. The molecule has 22 heavy (non-hydrogen) atoms. The van der Waals surface area contributed by atoms with Gasteiger partial charge in [-0.15, -0.1) is 0 Å². The zero-order chi connectivity index (χ0) is 15.9. The first-order valence-corrected chi connectivity index (χ1v) is 6.73. The second-order valence-electron chi connectivity index (χ2n) is 4.68. The molecule has 0 spiro atoms. The van der Waals surface area contributed by atoms with Crippen LogP contribution in [0.25, 0.3) is 10.8 Å². The fourth-order valence-electron chi connectivity index (χ4n) is 2.04. The summed E-state index contributed by atoms with van der Waals surface area (Å²) in [5, 5.41) is 13.2. The van der Waals surface area contributed by atoms with Crippen LogP contribution in [0.15, 0.2) is 42.5 Å². The summed E-state index contributed by atoms with van der Waals surface area (Å²) in [7, 11) is 1.37. The van der Waals surface area contributed by atoms with Gasteiger partial charge in [0.1, 0.15) is 5.75 Å². The van der Waals surface area contributed by atoms with Gasteiger partial charge < -0.3 is 19.9 Å². The number of amides is 1. The lowest BCUT2D eigenvalue weighted by Crippen LogP contribution is -2.45. The molecule has 0 aromatic heterocycles. The second-order valence-corrected chi connectivity index (χ2v) is 4.68. The number of aliphatic carboxylic acids is 1. The van der Waals surface area contributed by atoms with E-state index in [1.165, 1.54) is 7.11 Å². The van der Waals surface area contributed by atoms with Crippen molar-refractivity contribution in [3.05, 3.63) is 42.5 Å². The van der Waals surface area contributed by atoms with E-state index in [-0.39, 0.29) is 13.2 Å². The third-order valence-corrected chi connectivity index (χ3v) is 3.08. The van der Waals surface area contributed by atoms with Crippen LogP contribution in [-0.2, 0) is 14.3 Å². The molecular weight excluding hydrogens is 286 g/mol. The Kier molecular flexibility index (Phi) is 5.32. The highest BCUT2D eigenvalue weighted by Gasteiger charge is 2.19. The third-order valence-electron chi connectivity index (χ3n) is 3.08. The third kappa shape index (κ3) is 3.95. The maximum absolute atomic E-state index is 11.8. The number of methoxy groups -OCH3 is 1. The molecule has 2 rings (SSSR count). The number of ether oxygens (including phenoxy) is 2. The molecule has 2 N–H and O–H groups in total. The minimum atomic E-state index is -1.15. The van der Waals surface area contributed by atoms with Crippen molar-refractivity contribution in [2.45, 2.75) is 6.04 Å². The van der Waals surface area contributed by atoms with E-state index in [4.69, 9.17) is 14.6 Å². The highest BCUT2D eigenvalue weighted by atomic mass is 16.5. The molecule has 0 aliphatic heterocycles. The molecule has 0 bridgehead atoms. The zero-order valence-corrected chi connectivity index (χ0v) is 12.1. The number of carboxylic acids is 1. The molecule has 0 saturated heterocycles. The number of hydrogen-bond donors (Lipinski definition) is 2. The molecule has 0 aliphatic carbocycles. The first kappa shape index (κ1) is 15.8. The van der Waals surface area contributed by atoms with Gasteiger partial charge in [0.05, 0.1) is 6.61 Å². The lowest BCUT2D eigenvalue weighted by Gasteiger charge is -2.14. The van der Waals surface area contributed by atoms with Gasteiger partial charge in [0, 0.05) is 12.5 Å². The van der Waals surface area contributed by atoms with E-state index in [0.717, 1.165) is 10.8 Å². The number of nitrogens with one attached hydrogen (secondary N) is 1. The van der Waals surface area contributed by atoms with E-state index >= 15 is 0 Å². The first-order valence-electron chi connectivity index (χ1n) is 6.73. The van der Waals surface area contributed by atoms with Gasteiger partial charge in [0.15, 0.2) is 12.6 Å². The Morgan fingerprint density at radius 1 is 1.18 bits per heavy atom. The Morgan fingerprint density at radius 2 is 1.91 bits per heavy atom. The number of hydrogen-bond acceptors (Lipinski definition) is 4. The summed E-state index contributed by atoms with van der Waals surface area (Å²) in [6.45, 7) is -0.364. The molecule has 116 valence electrons. The number of carbonyl (C=O) groups excluding carboxylic acids is 1. The van der Waals surface area contributed by atoms with Gasteiger partial charge in [-0.25, -0.2) is 4.79 Å². The van der Waals surface area contributed by atoms with Crippen LogP contribution in [0.5, 0.6) is 5.75 Å². The molecule has 2 aromatic carbocycles. The number of rotatable bonds is 7. The van der Waals surface area contributed by atoms with Crippen LogP contribution < -0.4 is 10.1 Å². The molecule has 0 radical (unpaired) electrons. The summed E-state index contributed by atoms with van der Waals surface area (Å²) >= 11 is 0. The van der Waals surface area contributed by atoms with Crippen molar-refractivity contribution >= 4 is 22.6 Å². The van der Waals surface area contributed by atoms with Crippen LogP contribution >= 0.6 is 0 Å². The predicted molar refractivity (Wildman–Crippen MR) is 80.9 cm³/mol. The quantitative estimate of drug-likeness (QED) is 0.808. The van der Waals surface area contributed by atoms with Crippen molar-refractivity contribution in [1.82, 2.24) is 5.32 Å². The van der Waals surface area contributed by atoms with Crippen LogP contribution in [0.1, 0.15) is 0 Å². The van der Waals surface area contributed by atoms with E-state index in [2.05, 4.69) is 5.32 Å². The van der Waals surface area contributed by atoms with Gasteiger partial charge in [0.25, 0.3) is 5.91 Å². The summed E-state index contributed by atoms with van der Waals surface area (Å²) in [5.41, 5.74) is 0. The molecule has 0 fully saturated rings. The smallest absolute Gasteiger partial charge is 0.328 e. The molecule has 1 amide bonds. The van der Waals surface area contributed by atoms with E-state index in [1.807, 2.05) is 36.4 Å². The average Bonchev–Trinajstić information content (AvgIpc) is 2.52. The molecule has 0 saturated carbocycles. The molecule has 1 unspecified atom stereocenters. The number of carboxylic acid groups (broad SMARTS) is 1. The van der Waals surface area contributed by atoms with Gasteiger partial charge in [-0.1, -0.05) is 36.4 Å². The lowest BCUT2D eigenvalue weighted by molar-refractivity contribution is -0.143. The standard InChI is InChI=1S/C16H17NO5/c1-21-9-13(16(19)20)17-15(18)10-22-14-8-4-6-11-5-2-3-7-12(11)14/h2-8,13H,9-10H2,1H3,(H,17,18)(H,19,20). The van der Waals surface area contributed by atoms with Crippen LogP contribution in [0, 0.1) is 0 Å². The summed E-state index contributed by atoms with van der Waals surface area (Å²) in [5.74, 6) is -1.09. The number of fused-ring (bicyclic) bond motifs is 1. The second kappa shape index (κ2) is 7.42. The van der Waals surface area contributed by atoms with Crippen molar-refractivity contribution in [3.63, 3.8) is 0 Å². The van der Waals surface area contributed by atoms with Crippen molar-refractivity contribution < 1.29 is 24.2 Å². The highest BCUT2D eigenvalue weighted by molar-refractivity contribution is 5.89. The van der Waals surface area contributed by atoms with Crippen molar-refractivity contribution in [2.75, 3.05) is 20.3 Å². The van der Waals surface area contributed by atoms with Gasteiger partial charge in [-0.3, -0.25) is 4.79 Å². The Labute approximate surface area is 127 Å². The topological polar surface area (TPSA) is 84.9 Å². The number of carbonyl (C=O) groups is 2. The fourth-order valence-corrected chi connectivity index (χ4v) is 2.04. The SMILES string of the molecule is COCC(NC(=O)COc1cccc2ccccc12)C(=O)O. The Bertz CT molecular complexity index is 665. The highest BCUT2D eigenvalue weighted by Crippen LogP contribution is 2.24. The largest absolute Gasteiger partial charge is 0.483 e. The molecule has 6 nitrogen and oxygen atoms in total. The van der Waals surface area contributed by atoms with E-state index < -0.39 is 17.9 Å². The van der Waals surface area contributed by atoms with E-state index in [1.54, 1.807) is 6.07 Å². The summed E-state index contributed by atoms with van der Waals surface area (Å²) in [6, 6.07) is 12.1. The Hall–Kier alpha value is -2.60. The minimum Gasteiger partial charge on any atom is -0.483 e. The summed E-state index contributed by atoms with van der Waals surface area (Å²) in [4.78, 5) is 22.7. The average molecular weight is 303 g/mol. The van der Waals surface area contributed by atoms with Gasteiger partial charge >= 0.3 is 5.97 Å². The van der Waals surface area contributed by atoms with Crippen LogP contribution in [-0.4, -0.2) is 43.3 Å². The minimum absolute atomic E-state index is 0.102. The van der Waals surface area contributed by atoms with Crippen molar-refractivity contribution in [1.29, 1.82) is 0 Å². The molecule has 0 aliphatic rings. The maximum atomic E-state index is 11.8. The Balaban J connectivity index is 1.99. The molecule has 2 aromatic rings. The monoisotopic (exact) mass is 303 g/mol. The molecule has 1 atom stereocenters.